The molecule has 162 valence electrons. The number of aromatic nitrogens is 2. The maximum absolute atomic E-state index is 12.2. The number of benzene rings is 3. The van der Waals surface area contributed by atoms with Gasteiger partial charge >= 0.3 is 0 Å². The molecule has 0 radical (unpaired) electrons. The third-order valence-corrected chi connectivity index (χ3v) is 5.25. The van der Waals surface area contributed by atoms with Gasteiger partial charge in [0.25, 0.3) is 5.91 Å². The van der Waals surface area contributed by atoms with E-state index in [0.29, 0.717) is 22.9 Å². The number of carbonyl (C=O) groups is 1. The summed E-state index contributed by atoms with van der Waals surface area (Å²) in [4.78, 5) is 21.1. The molecule has 3 aromatic carbocycles. The molecule has 6 nitrogen and oxygen atoms in total. The van der Waals surface area contributed by atoms with Crippen LogP contribution in [0.25, 0.3) is 33.7 Å². The molecule has 0 atom stereocenters. The molecule has 6 heteroatoms. The molecule has 0 aliphatic heterocycles. The Balaban J connectivity index is 1.27. The molecule has 2 aromatic heterocycles. The molecule has 0 saturated heterocycles. The lowest BCUT2D eigenvalue weighted by atomic mass is 10.1. The van der Waals surface area contributed by atoms with Crippen molar-refractivity contribution >= 4 is 22.7 Å². The fourth-order valence-electron chi connectivity index (χ4n) is 3.52. The van der Waals surface area contributed by atoms with Gasteiger partial charge < -0.3 is 14.5 Å². The van der Waals surface area contributed by atoms with E-state index in [4.69, 9.17) is 9.15 Å². The fourth-order valence-corrected chi connectivity index (χ4v) is 3.52. The molecule has 1 N–H and O–H groups in total. The zero-order valence-electron chi connectivity index (χ0n) is 18.0. The van der Waals surface area contributed by atoms with Crippen molar-refractivity contribution < 1.29 is 13.9 Å². The summed E-state index contributed by atoms with van der Waals surface area (Å²) in [5, 5.41) is 2.84. The van der Waals surface area contributed by atoms with Crippen LogP contribution in [-0.2, 0) is 4.79 Å². The number of oxazole rings is 1. The molecular formula is C27H21N3O3. The SMILES string of the molecule is Cc1ccccc1OCC(=O)Nc1ccc(-c2nc3cc(-c4cccnc4)ccc3o2)cc1. The molecule has 0 bridgehead atoms. The number of anilines is 1. The zero-order chi connectivity index (χ0) is 22.6. The minimum absolute atomic E-state index is 0.0585. The van der Waals surface area contributed by atoms with Crippen LogP contribution in [0.5, 0.6) is 5.75 Å². The van der Waals surface area contributed by atoms with Gasteiger partial charge in [0, 0.05) is 29.2 Å². The largest absolute Gasteiger partial charge is 0.483 e. The normalized spacial score (nSPS) is 10.8. The van der Waals surface area contributed by atoms with E-state index in [1.54, 1.807) is 6.20 Å². The van der Waals surface area contributed by atoms with Gasteiger partial charge in [-0.1, -0.05) is 30.3 Å². The summed E-state index contributed by atoms with van der Waals surface area (Å²) in [6.45, 7) is 1.88. The van der Waals surface area contributed by atoms with Gasteiger partial charge in [0.05, 0.1) is 0 Å². The molecule has 0 unspecified atom stereocenters. The molecule has 33 heavy (non-hydrogen) atoms. The summed E-state index contributed by atoms with van der Waals surface area (Å²) in [6.07, 6.45) is 3.57. The Kier molecular flexibility index (Phi) is 5.55. The number of para-hydroxylation sites is 1. The van der Waals surface area contributed by atoms with E-state index < -0.39 is 0 Å². The van der Waals surface area contributed by atoms with Crippen LogP contribution in [-0.4, -0.2) is 22.5 Å². The van der Waals surface area contributed by atoms with Crippen molar-refractivity contribution in [2.75, 3.05) is 11.9 Å². The third-order valence-electron chi connectivity index (χ3n) is 5.25. The summed E-state index contributed by atoms with van der Waals surface area (Å²) in [6, 6.07) is 24.8. The highest BCUT2D eigenvalue weighted by Gasteiger charge is 2.11. The van der Waals surface area contributed by atoms with Gasteiger partial charge in [-0.15, -0.1) is 0 Å². The summed E-state index contributed by atoms with van der Waals surface area (Å²) in [7, 11) is 0. The first-order valence-electron chi connectivity index (χ1n) is 10.6. The Morgan fingerprint density at radius 2 is 1.76 bits per heavy atom. The van der Waals surface area contributed by atoms with Crippen LogP contribution in [0.3, 0.4) is 0 Å². The number of rotatable bonds is 6. The van der Waals surface area contributed by atoms with E-state index in [1.807, 2.05) is 92.0 Å². The molecule has 2 heterocycles. The van der Waals surface area contributed by atoms with E-state index in [0.717, 1.165) is 27.8 Å². The van der Waals surface area contributed by atoms with Gasteiger partial charge in [-0.25, -0.2) is 4.98 Å². The zero-order valence-corrected chi connectivity index (χ0v) is 18.0. The minimum Gasteiger partial charge on any atom is -0.483 e. The molecule has 0 aliphatic carbocycles. The second-order valence-corrected chi connectivity index (χ2v) is 7.62. The van der Waals surface area contributed by atoms with E-state index in [9.17, 15) is 4.79 Å². The number of hydrogen-bond donors (Lipinski definition) is 1. The van der Waals surface area contributed by atoms with Gasteiger partial charge in [-0.2, -0.15) is 0 Å². The van der Waals surface area contributed by atoms with Crippen molar-refractivity contribution in [2.45, 2.75) is 6.92 Å². The average molecular weight is 435 g/mol. The lowest BCUT2D eigenvalue weighted by molar-refractivity contribution is -0.118. The predicted octanol–water partition coefficient (Wildman–Crippen LogP) is 5.88. The van der Waals surface area contributed by atoms with Crippen LogP contribution in [0.15, 0.2) is 95.7 Å². The van der Waals surface area contributed by atoms with E-state index in [2.05, 4.69) is 15.3 Å². The van der Waals surface area contributed by atoms with Gasteiger partial charge in [0.1, 0.15) is 11.3 Å². The summed E-state index contributed by atoms with van der Waals surface area (Å²) < 4.78 is 11.5. The minimum atomic E-state index is -0.226. The molecule has 0 saturated carbocycles. The number of carbonyl (C=O) groups excluding carboxylic acids is 1. The topological polar surface area (TPSA) is 77.2 Å². The van der Waals surface area contributed by atoms with Crippen LogP contribution in [0.2, 0.25) is 0 Å². The highest BCUT2D eigenvalue weighted by Crippen LogP contribution is 2.28. The number of nitrogens with one attached hydrogen (secondary N) is 1. The molecule has 5 rings (SSSR count). The van der Waals surface area contributed by atoms with E-state index in [-0.39, 0.29) is 12.5 Å². The monoisotopic (exact) mass is 435 g/mol. The van der Waals surface area contributed by atoms with Crippen molar-refractivity contribution in [3.05, 3.63) is 96.8 Å². The quantitative estimate of drug-likeness (QED) is 0.360. The third kappa shape index (κ3) is 4.60. The van der Waals surface area contributed by atoms with Crippen LogP contribution in [0.1, 0.15) is 5.56 Å². The van der Waals surface area contributed by atoms with E-state index in [1.165, 1.54) is 0 Å². The van der Waals surface area contributed by atoms with Crippen molar-refractivity contribution in [1.29, 1.82) is 0 Å². The number of aryl methyl sites for hydroxylation is 1. The molecule has 0 fully saturated rings. The maximum Gasteiger partial charge on any atom is 0.262 e. The number of fused-ring (bicyclic) bond motifs is 1. The van der Waals surface area contributed by atoms with Gasteiger partial charge in [-0.3, -0.25) is 9.78 Å². The van der Waals surface area contributed by atoms with Gasteiger partial charge in [0.2, 0.25) is 5.89 Å². The Labute approximate surface area is 190 Å². The van der Waals surface area contributed by atoms with Gasteiger partial charge in [0.15, 0.2) is 12.2 Å². The lowest BCUT2D eigenvalue weighted by Gasteiger charge is -2.09. The first-order chi connectivity index (χ1) is 16.2. The Morgan fingerprint density at radius 1 is 0.939 bits per heavy atom. The second kappa shape index (κ2) is 8.96. The average Bonchev–Trinajstić information content (AvgIpc) is 3.28. The molecule has 5 aromatic rings. The number of hydrogen-bond acceptors (Lipinski definition) is 5. The van der Waals surface area contributed by atoms with Crippen molar-refractivity contribution in [3.63, 3.8) is 0 Å². The van der Waals surface area contributed by atoms with Crippen molar-refractivity contribution in [2.24, 2.45) is 0 Å². The number of amides is 1. The van der Waals surface area contributed by atoms with Crippen molar-refractivity contribution in [1.82, 2.24) is 9.97 Å². The first kappa shape index (κ1) is 20.5. The summed E-state index contributed by atoms with van der Waals surface area (Å²) >= 11 is 0. The number of pyridine rings is 1. The summed E-state index contributed by atoms with van der Waals surface area (Å²) in [5.74, 6) is 0.996. The molecule has 0 spiro atoms. The highest BCUT2D eigenvalue weighted by atomic mass is 16.5. The second-order valence-electron chi connectivity index (χ2n) is 7.62. The molecule has 0 aliphatic rings. The van der Waals surface area contributed by atoms with Crippen molar-refractivity contribution in [3.8, 4) is 28.3 Å². The lowest BCUT2D eigenvalue weighted by Crippen LogP contribution is -2.20. The molecule has 1 amide bonds. The standard InChI is InChI=1S/C27H21N3O3/c1-18-5-2-3-7-24(18)32-17-26(31)29-22-11-8-19(9-12-22)27-30-23-15-20(10-13-25(23)33-27)21-6-4-14-28-16-21/h2-16H,17H2,1H3,(H,29,31). The maximum atomic E-state index is 12.2. The highest BCUT2D eigenvalue weighted by molar-refractivity contribution is 5.92. The predicted molar refractivity (Wildman–Crippen MR) is 128 cm³/mol. The molecular weight excluding hydrogens is 414 g/mol. The van der Waals surface area contributed by atoms with Crippen LogP contribution >= 0.6 is 0 Å². The Bertz CT molecular complexity index is 1410. The summed E-state index contributed by atoms with van der Waals surface area (Å²) in [5.41, 5.74) is 6.02. The van der Waals surface area contributed by atoms with Gasteiger partial charge in [-0.05, 0) is 66.6 Å². The Morgan fingerprint density at radius 3 is 2.55 bits per heavy atom. The van der Waals surface area contributed by atoms with Crippen LogP contribution in [0.4, 0.5) is 5.69 Å². The fraction of sp³-hybridized carbons (Fsp3) is 0.0741. The van der Waals surface area contributed by atoms with E-state index >= 15 is 0 Å². The first-order valence-corrected chi connectivity index (χ1v) is 10.6. The Hall–Kier alpha value is -4.45. The van der Waals surface area contributed by atoms with Crippen LogP contribution in [0, 0.1) is 6.92 Å². The smallest absolute Gasteiger partial charge is 0.262 e. The van der Waals surface area contributed by atoms with Crippen LogP contribution < -0.4 is 10.1 Å². The number of ether oxygens (including phenoxy) is 1. The number of nitrogens with zero attached hydrogens (tertiary/aromatic N) is 2.